The average Bonchev–Trinajstić information content (AvgIpc) is 2.42. The predicted molar refractivity (Wildman–Crippen MR) is 79.6 cm³/mol. The lowest BCUT2D eigenvalue weighted by atomic mass is 10.2. The summed E-state index contributed by atoms with van der Waals surface area (Å²) in [5.74, 6) is 2.59. The van der Waals surface area contributed by atoms with E-state index in [0.29, 0.717) is 12.2 Å². The van der Waals surface area contributed by atoms with Crippen LogP contribution >= 0.6 is 11.6 Å². The van der Waals surface area contributed by atoms with Crippen molar-refractivity contribution in [2.75, 3.05) is 11.9 Å². The van der Waals surface area contributed by atoms with Crippen molar-refractivity contribution in [2.24, 2.45) is 0 Å². The third kappa shape index (κ3) is 4.96. The van der Waals surface area contributed by atoms with Gasteiger partial charge in [-0.15, -0.1) is 12.3 Å². The van der Waals surface area contributed by atoms with Crippen molar-refractivity contribution in [1.29, 1.82) is 0 Å². The molecule has 0 aliphatic rings. The summed E-state index contributed by atoms with van der Waals surface area (Å²) in [6.45, 7) is 3.41. The van der Waals surface area contributed by atoms with E-state index in [1.807, 2.05) is 0 Å². The lowest BCUT2D eigenvalue weighted by Gasteiger charge is -2.09. The summed E-state index contributed by atoms with van der Waals surface area (Å²) in [5, 5.41) is 7.45. The van der Waals surface area contributed by atoms with Gasteiger partial charge in [-0.05, 0) is 19.3 Å². The zero-order valence-electron chi connectivity index (χ0n) is 11.3. The number of rotatable bonds is 8. The fourth-order valence-corrected chi connectivity index (χ4v) is 1.84. The zero-order chi connectivity index (χ0) is 14.1. The molecule has 0 aliphatic heterocycles. The first kappa shape index (κ1) is 15.6. The fraction of sp³-hybridized carbons (Fsp3) is 0.571. The van der Waals surface area contributed by atoms with E-state index < -0.39 is 0 Å². The second-order valence-corrected chi connectivity index (χ2v) is 4.72. The summed E-state index contributed by atoms with van der Waals surface area (Å²) in [6, 6.07) is 0. The zero-order valence-corrected chi connectivity index (χ0v) is 12.0. The molecule has 104 valence electrons. The minimum absolute atomic E-state index is 0.211. The van der Waals surface area contributed by atoms with Gasteiger partial charge >= 0.3 is 0 Å². The number of aryl methyl sites for hydroxylation is 1. The van der Waals surface area contributed by atoms with Crippen LogP contribution in [-0.2, 0) is 6.54 Å². The maximum atomic E-state index is 11.9. The molecule has 1 aromatic rings. The Morgan fingerprint density at radius 3 is 2.95 bits per heavy atom. The van der Waals surface area contributed by atoms with E-state index in [0.717, 1.165) is 38.6 Å². The molecule has 0 bridgehead atoms. The highest BCUT2D eigenvalue weighted by atomic mass is 35.5. The van der Waals surface area contributed by atoms with Crippen molar-refractivity contribution in [2.45, 2.75) is 45.6 Å². The molecule has 0 amide bonds. The first-order chi connectivity index (χ1) is 9.20. The van der Waals surface area contributed by atoms with Crippen LogP contribution in [0.25, 0.3) is 0 Å². The maximum absolute atomic E-state index is 11.9. The molecule has 0 aliphatic carbocycles. The van der Waals surface area contributed by atoms with Gasteiger partial charge in [-0.3, -0.25) is 4.79 Å². The topological polar surface area (TPSA) is 46.9 Å². The molecule has 19 heavy (non-hydrogen) atoms. The highest BCUT2D eigenvalue weighted by molar-refractivity contribution is 6.32. The number of halogens is 1. The number of aromatic nitrogens is 2. The summed E-state index contributed by atoms with van der Waals surface area (Å²) in [7, 11) is 0. The van der Waals surface area contributed by atoms with Crippen molar-refractivity contribution in [3.63, 3.8) is 0 Å². The maximum Gasteiger partial charge on any atom is 0.287 e. The first-order valence-electron chi connectivity index (χ1n) is 6.63. The van der Waals surface area contributed by atoms with Crippen LogP contribution in [0.3, 0.4) is 0 Å². The summed E-state index contributed by atoms with van der Waals surface area (Å²) >= 11 is 6.05. The lowest BCUT2D eigenvalue weighted by Crippen LogP contribution is -2.24. The van der Waals surface area contributed by atoms with Crippen molar-refractivity contribution in [1.82, 2.24) is 9.78 Å². The third-order valence-corrected chi connectivity index (χ3v) is 3.14. The fourth-order valence-electron chi connectivity index (χ4n) is 1.63. The lowest BCUT2D eigenvalue weighted by molar-refractivity contribution is 0.543. The number of unbranched alkanes of at least 4 members (excludes halogenated alkanes) is 3. The second-order valence-electron chi connectivity index (χ2n) is 4.34. The smallest absolute Gasteiger partial charge is 0.287 e. The van der Waals surface area contributed by atoms with E-state index in [2.05, 4.69) is 23.3 Å². The Labute approximate surface area is 119 Å². The van der Waals surface area contributed by atoms with Gasteiger partial charge in [0.15, 0.2) is 0 Å². The van der Waals surface area contributed by atoms with Crippen LogP contribution in [0.2, 0.25) is 5.02 Å². The van der Waals surface area contributed by atoms with E-state index in [4.69, 9.17) is 18.0 Å². The number of hydrogen-bond donors (Lipinski definition) is 1. The van der Waals surface area contributed by atoms with Crippen molar-refractivity contribution < 1.29 is 0 Å². The number of anilines is 1. The van der Waals surface area contributed by atoms with Gasteiger partial charge in [0.2, 0.25) is 0 Å². The number of terminal acetylenes is 1. The minimum atomic E-state index is -0.233. The average molecular weight is 282 g/mol. The van der Waals surface area contributed by atoms with E-state index >= 15 is 0 Å². The van der Waals surface area contributed by atoms with Gasteiger partial charge in [0.05, 0.1) is 11.9 Å². The Hall–Kier alpha value is -1.47. The van der Waals surface area contributed by atoms with Gasteiger partial charge in [-0.2, -0.15) is 5.10 Å². The molecular formula is C14H20ClN3O. The Balaban J connectivity index is 2.59. The first-order valence-corrected chi connectivity index (χ1v) is 7.01. The third-order valence-electron chi connectivity index (χ3n) is 2.77. The molecule has 0 fully saturated rings. The minimum Gasteiger partial charge on any atom is -0.382 e. The Bertz CT molecular complexity index is 490. The van der Waals surface area contributed by atoms with Crippen LogP contribution < -0.4 is 10.9 Å². The molecule has 0 radical (unpaired) electrons. The molecule has 0 aromatic carbocycles. The SMILES string of the molecule is C#CCCCCNc1cnn(CCCC)c(=O)c1Cl. The normalized spacial score (nSPS) is 10.2. The molecule has 0 saturated carbocycles. The van der Waals surface area contributed by atoms with E-state index in [1.165, 1.54) is 4.68 Å². The molecule has 5 heteroatoms. The van der Waals surface area contributed by atoms with E-state index in [1.54, 1.807) is 6.20 Å². The molecule has 1 N–H and O–H groups in total. The molecule has 1 rings (SSSR count). The van der Waals surface area contributed by atoms with Gasteiger partial charge in [0.25, 0.3) is 5.56 Å². The highest BCUT2D eigenvalue weighted by Gasteiger charge is 2.08. The number of nitrogens with zero attached hydrogens (tertiary/aromatic N) is 2. The van der Waals surface area contributed by atoms with Crippen LogP contribution in [0.15, 0.2) is 11.0 Å². The molecule has 0 spiro atoms. The Kier molecular flexibility index (Phi) is 7.06. The van der Waals surface area contributed by atoms with Crippen LogP contribution in [0.5, 0.6) is 0 Å². The summed E-state index contributed by atoms with van der Waals surface area (Å²) in [6.07, 6.45) is 11.4. The van der Waals surface area contributed by atoms with Crippen LogP contribution in [0.1, 0.15) is 39.0 Å². The van der Waals surface area contributed by atoms with Gasteiger partial charge in [-0.1, -0.05) is 24.9 Å². The molecule has 0 atom stereocenters. The van der Waals surface area contributed by atoms with Gasteiger partial charge in [0.1, 0.15) is 5.02 Å². The summed E-state index contributed by atoms with van der Waals surface area (Å²) in [4.78, 5) is 11.9. The second kappa shape index (κ2) is 8.60. The predicted octanol–water partition coefficient (Wildman–Crippen LogP) is 2.91. The molecular weight excluding hydrogens is 262 g/mol. The van der Waals surface area contributed by atoms with Crippen molar-refractivity contribution in [3.8, 4) is 12.3 Å². The largest absolute Gasteiger partial charge is 0.382 e. The molecule has 1 heterocycles. The van der Waals surface area contributed by atoms with Gasteiger partial charge in [-0.25, -0.2) is 4.68 Å². The van der Waals surface area contributed by atoms with Gasteiger partial charge < -0.3 is 5.32 Å². The Morgan fingerprint density at radius 1 is 1.47 bits per heavy atom. The number of nitrogens with one attached hydrogen (secondary N) is 1. The standard InChI is InChI=1S/C14H20ClN3O/c1-3-5-7-8-9-16-12-11-17-18(10-6-4-2)14(19)13(12)15/h1,11,16H,4-10H2,2H3. The van der Waals surface area contributed by atoms with Crippen LogP contribution in [0, 0.1) is 12.3 Å². The highest BCUT2D eigenvalue weighted by Crippen LogP contribution is 2.15. The quantitative estimate of drug-likeness (QED) is 0.589. The molecule has 0 unspecified atom stereocenters. The summed E-state index contributed by atoms with van der Waals surface area (Å²) in [5.41, 5.74) is 0.365. The van der Waals surface area contributed by atoms with Crippen molar-refractivity contribution in [3.05, 3.63) is 21.6 Å². The van der Waals surface area contributed by atoms with Crippen molar-refractivity contribution >= 4 is 17.3 Å². The van der Waals surface area contributed by atoms with Crippen LogP contribution in [0.4, 0.5) is 5.69 Å². The summed E-state index contributed by atoms with van der Waals surface area (Å²) < 4.78 is 1.41. The van der Waals surface area contributed by atoms with Crippen LogP contribution in [-0.4, -0.2) is 16.3 Å². The van der Waals surface area contributed by atoms with E-state index in [9.17, 15) is 4.79 Å². The molecule has 0 saturated heterocycles. The monoisotopic (exact) mass is 281 g/mol. The molecule has 1 aromatic heterocycles. The van der Waals surface area contributed by atoms with Gasteiger partial charge in [0, 0.05) is 19.5 Å². The molecule has 4 nitrogen and oxygen atoms in total. The van der Waals surface area contributed by atoms with E-state index in [-0.39, 0.29) is 10.6 Å². The Morgan fingerprint density at radius 2 is 2.26 bits per heavy atom. The number of hydrogen-bond acceptors (Lipinski definition) is 3.